The first-order valence-electron chi connectivity index (χ1n) is 6.26. The van der Waals surface area contributed by atoms with Gasteiger partial charge in [-0.1, -0.05) is 32.0 Å². The average molecular weight is 271 g/mol. The largest absolute Gasteiger partial charge is 0.326 e. The molecular weight excluding hydrogens is 248 g/mol. The summed E-state index contributed by atoms with van der Waals surface area (Å²) in [5, 5.41) is 2.91. The number of anilines is 1. The van der Waals surface area contributed by atoms with Crippen LogP contribution in [0.5, 0.6) is 0 Å². The number of amides is 1. The predicted molar refractivity (Wildman–Crippen MR) is 79.3 cm³/mol. The monoisotopic (exact) mass is 270 g/mol. The number of halogens is 1. The molecular formula is C14H23ClN2O. The number of carbonyl (C=O) groups is 1. The van der Waals surface area contributed by atoms with Gasteiger partial charge < -0.3 is 10.2 Å². The maximum Gasteiger partial charge on any atom is 0.225 e. The van der Waals surface area contributed by atoms with E-state index in [0.29, 0.717) is 6.42 Å². The molecule has 0 fully saturated rings. The Kier molecular flexibility index (Phi) is 8.42. The summed E-state index contributed by atoms with van der Waals surface area (Å²) in [6.07, 6.45) is 0.538. The van der Waals surface area contributed by atoms with Crippen molar-refractivity contribution in [3.8, 4) is 0 Å². The highest BCUT2D eigenvalue weighted by atomic mass is 35.5. The zero-order valence-corrected chi connectivity index (χ0v) is 12.2. The Morgan fingerprint density at radius 1 is 1.22 bits per heavy atom. The lowest BCUT2D eigenvalue weighted by Crippen LogP contribution is -2.35. The lowest BCUT2D eigenvalue weighted by atomic mass is 10.2. The van der Waals surface area contributed by atoms with Gasteiger partial charge in [-0.2, -0.15) is 0 Å². The molecule has 1 aromatic rings. The van der Waals surface area contributed by atoms with E-state index in [-0.39, 0.29) is 24.4 Å². The quantitative estimate of drug-likeness (QED) is 0.861. The summed E-state index contributed by atoms with van der Waals surface area (Å²) in [4.78, 5) is 14.1. The first-order valence-corrected chi connectivity index (χ1v) is 6.26. The van der Waals surface area contributed by atoms with Crippen molar-refractivity contribution in [2.45, 2.75) is 33.2 Å². The summed E-state index contributed by atoms with van der Waals surface area (Å²) in [6.45, 7) is 8.30. The Morgan fingerprint density at radius 3 is 2.28 bits per heavy atom. The van der Waals surface area contributed by atoms with Crippen LogP contribution in [0.2, 0.25) is 0 Å². The van der Waals surface area contributed by atoms with Gasteiger partial charge in [0.2, 0.25) is 5.91 Å². The van der Waals surface area contributed by atoms with Crippen LogP contribution in [0, 0.1) is 0 Å². The van der Waals surface area contributed by atoms with Gasteiger partial charge in [-0.15, -0.1) is 12.4 Å². The Morgan fingerprint density at radius 2 is 1.78 bits per heavy atom. The second-order valence-corrected chi connectivity index (χ2v) is 4.19. The van der Waals surface area contributed by atoms with Crippen LogP contribution in [-0.2, 0) is 4.79 Å². The molecule has 0 saturated heterocycles. The van der Waals surface area contributed by atoms with Crippen LogP contribution in [0.4, 0.5) is 5.69 Å². The molecule has 0 aliphatic carbocycles. The molecule has 102 valence electrons. The number of hydrogen-bond acceptors (Lipinski definition) is 2. The second kappa shape index (κ2) is 8.95. The molecule has 0 spiro atoms. The van der Waals surface area contributed by atoms with Gasteiger partial charge in [0.05, 0.1) is 0 Å². The first-order chi connectivity index (χ1) is 8.17. The Bertz CT molecular complexity index is 339. The van der Waals surface area contributed by atoms with E-state index < -0.39 is 0 Å². The molecule has 0 aliphatic heterocycles. The number of nitrogens with one attached hydrogen (secondary N) is 1. The number of rotatable bonds is 6. The van der Waals surface area contributed by atoms with Gasteiger partial charge in [0, 0.05) is 18.2 Å². The SMILES string of the molecule is CCN(CC)[C@@H](C)CC(=O)Nc1ccccc1.Cl. The van der Waals surface area contributed by atoms with Crippen molar-refractivity contribution in [2.75, 3.05) is 18.4 Å². The molecule has 18 heavy (non-hydrogen) atoms. The van der Waals surface area contributed by atoms with E-state index in [2.05, 4.69) is 31.0 Å². The van der Waals surface area contributed by atoms with E-state index in [0.717, 1.165) is 18.8 Å². The van der Waals surface area contributed by atoms with Crippen LogP contribution in [0.1, 0.15) is 27.2 Å². The van der Waals surface area contributed by atoms with Crippen LogP contribution in [0.15, 0.2) is 30.3 Å². The smallest absolute Gasteiger partial charge is 0.225 e. The molecule has 1 atom stereocenters. The minimum Gasteiger partial charge on any atom is -0.326 e. The average Bonchev–Trinajstić information content (AvgIpc) is 2.31. The molecule has 1 N–H and O–H groups in total. The molecule has 0 saturated carbocycles. The lowest BCUT2D eigenvalue weighted by Gasteiger charge is -2.25. The zero-order valence-electron chi connectivity index (χ0n) is 11.3. The van der Waals surface area contributed by atoms with Crippen molar-refractivity contribution in [1.82, 2.24) is 4.90 Å². The Hall–Kier alpha value is -1.06. The van der Waals surface area contributed by atoms with Gasteiger partial charge in [0.1, 0.15) is 0 Å². The third-order valence-corrected chi connectivity index (χ3v) is 2.97. The fourth-order valence-electron chi connectivity index (χ4n) is 1.98. The van der Waals surface area contributed by atoms with Crippen LogP contribution >= 0.6 is 12.4 Å². The summed E-state index contributed by atoms with van der Waals surface area (Å²) < 4.78 is 0. The molecule has 0 aliphatic rings. The molecule has 1 aromatic carbocycles. The summed E-state index contributed by atoms with van der Waals surface area (Å²) >= 11 is 0. The molecule has 0 aromatic heterocycles. The minimum atomic E-state index is 0. The van der Waals surface area contributed by atoms with E-state index in [1.54, 1.807) is 0 Å². The fourth-order valence-corrected chi connectivity index (χ4v) is 1.98. The topological polar surface area (TPSA) is 32.3 Å². The molecule has 1 amide bonds. The van der Waals surface area contributed by atoms with Crippen molar-refractivity contribution in [3.05, 3.63) is 30.3 Å². The fraction of sp³-hybridized carbons (Fsp3) is 0.500. The molecule has 3 nitrogen and oxygen atoms in total. The third-order valence-electron chi connectivity index (χ3n) is 2.97. The van der Waals surface area contributed by atoms with Crippen molar-refractivity contribution in [3.63, 3.8) is 0 Å². The van der Waals surface area contributed by atoms with Crippen molar-refractivity contribution >= 4 is 24.0 Å². The predicted octanol–water partition coefficient (Wildman–Crippen LogP) is 3.17. The van der Waals surface area contributed by atoms with E-state index in [1.165, 1.54) is 0 Å². The summed E-state index contributed by atoms with van der Waals surface area (Å²) in [5.41, 5.74) is 0.865. The van der Waals surface area contributed by atoms with Crippen LogP contribution in [-0.4, -0.2) is 29.9 Å². The van der Waals surface area contributed by atoms with Crippen LogP contribution in [0.25, 0.3) is 0 Å². The van der Waals surface area contributed by atoms with E-state index in [4.69, 9.17) is 0 Å². The number of carbonyl (C=O) groups excluding carboxylic acids is 1. The maximum atomic E-state index is 11.8. The molecule has 4 heteroatoms. The van der Waals surface area contributed by atoms with Gasteiger partial charge in [-0.3, -0.25) is 4.79 Å². The van der Waals surface area contributed by atoms with Gasteiger partial charge in [-0.25, -0.2) is 0 Å². The third kappa shape index (κ3) is 5.52. The van der Waals surface area contributed by atoms with Gasteiger partial charge >= 0.3 is 0 Å². The van der Waals surface area contributed by atoms with Gasteiger partial charge in [0.25, 0.3) is 0 Å². The highest BCUT2D eigenvalue weighted by Gasteiger charge is 2.14. The molecule has 0 radical (unpaired) electrons. The number of benzene rings is 1. The number of hydrogen-bond donors (Lipinski definition) is 1. The van der Waals surface area contributed by atoms with Gasteiger partial charge in [0.15, 0.2) is 0 Å². The van der Waals surface area contributed by atoms with Crippen molar-refractivity contribution in [1.29, 1.82) is 0 Å². The summed E-state index contributed by atoms with van der Waals surface area (Å²) in [7, 11) is 0. The minimum absolute atomic E-state index is 0. The van der Waals surface area contributed by atoms with Crippen molar-refractivity contribution < 1.29 is 4.79 Å². The lowest BCUT2D eigenvalue weighted by molar-refractivity contribution is -0.117. The van der Waals surface area contributed by atoms with Gasteiger partial charge in [-0.05, 0) is 32.1 Å². The molecule has 0 heterocycles. The zero-order chi connectivity index (χ0) is 12.7. The standard InChI is InChI=1S/C14H22N2O.ClH/c1-4-16(5-2)12(3)11-14(17)15-13-9-7-6-8-10-13;/h6-10,12H,4-5,11H2,1-3H3,(H,15,17);1H/t12-;/m0./s1. The first kappa shape index (κ1) is 16.9. The number of nitrogens with zero attached hydrogens (tertiary/aromatic N) is 1. The Labute approximate surface area is 116 Å². The maximum absolute atomic E-state index is 11.8. The normalized spacial score (nSPS) is 11.8. The second-order valence-electron chi connectivity index (χ2n) is 4.19. The number of para-hydroxylation sites is 1. The molecule has 0 bridgehead atoms. The summed E-state index contributed by atoms with van der Waals surface area (Å²) in [6, 6.07) is 9.87. The summed E-state index contributed by atoms with van der Waals surface area (Å²) in [5.74, 6) is 0.0793. The van der Waals surface area contributed by atoms with Crippen LogP contribution < -0.4 is 5.32 Å². The van der Waals surface area contributed by atoms with E-state index >= 15 is 0 Å². The highest BCUT2D eigenvalue weighted by molar-refractivity contribution is 5.91. The van der Waals surface area contributed by atoms with E-state index in [1.807, 2.05) is 30.3 Å². The Balaban J connectivity index is 0.00000289. The molecule has 0 unspecified atom stereocenters. The van der Waals surface area contributed by atoms with Crippen LogP contribution in [0.3, 0.4) is 0 Å². The molecule has 1 rings (SSSR count). The highest BCUT2D eigenvalue weighted by Crippen LogP contribution is 2.08. The van der Waals surface area contributed by atoms with Crippen molar-refractivity contribution in [2.24, 2.45) is 0 Å². The van der Waals surface area contributed by atoms with E-state index in [9.17, 15) is 4.79 Å².